The van der Waals surface area contributed by atoms with Gasteiger partial charge in [0.05, 0.1) is 19.8 Å². The van der Waals surface area contributed by atoms with E-state index >= 15 is 0 Å². The summed E-state index contributed by atoms with van der Waals surface area (Å²) in [5.41, 5.74) is 2.56. The van der Waals surface area contributed by atoms with E-state index in [1.54, 1.807) is 0 Å². The van der Waals surface area contributed by atoms with Gasteiger partial charge in [-0.25, -0.2) is 0 Å². The highest BCUT2D eigenvalue weighted by Crippen LogP contribution is 2.32. The fourth-order valence-electron chi connectivity index (χ4n) is 4.33. The predicted molar refractivity (Wildman–Crippen MR) is 130 cm³/mol. The minimum absolute atomic E-state index is 0.122. The Morgan fingerprint density at radius 1 is 0.500 bits per heavy atom. The Bertz CT molecular complexity index is 960. The van der Waals surface area contributed by atoms with Gasteiger partial charge in [0.1, 0.15) is 36.6 Å². The summed E-state index contributed by atoms with van der Waals surface area (Å²) in [6.45, 7) is -1.78. The monoisotopic (exact) mass is 496 g/mol. The Kier molecular flexibility index (Phi) is 9.57. The molecule has 1 saturated carbocycles. The molecule has 3 aromatic carbocycles. The van der Waals surface area contributed by atoms with Crippen LogP contribution in [0.3, 0.4) is 0 Å². The molecule has 0 amide bonds. The van der Waals surface area contributed by atoms with Crippen LogP contribution < -0.4 is 0 Å². The first kappa shape index (κ1) is 26.4. The molecule has 0 radical (unpaired) electrons. The molecule has 2 unspecified atom stereocenters. The van der Waals surface area contributed by atoms with E-state index in [-0.39, 0.29) is 19.8 Å². The molecule has 192 valence electrons. The molecule has 8 heteroatoms. The van der Waals surface area contributed by atoms with Crippen LogP contribution in [0.2, 0.25) is 0 Å². The lowest BCUT2D eigenvalue weighted by atomic mass is 9.84. The molecule has 0 aromatic heterocycles. The molecule has 4 N–H and O–H groups in total. The van der Waals surface area contributed by atoms with Gasteiger partial charge in [-0.15, -0.1) is 0 Å². The maximum absolute atomic E-state index is 11.2. The van der Waals surface area contributed by atoms with Gasteiger partial charge in [0.2, 0.25) is 0 Å². The van der Waals surface area contributed by atoms with Crippen LogP contribution >= 0.6 is 0 Å². The third kappa shape index (κ3) is 6.97. The predicted octanol–water partition coefficient (Wildman–Crippen LogP) is 2.13. The van der Waals surface area contributed by atoms with Crippen molar-refractivity contribution >= 4 is 0 Å². The van der Waals surface area contributed by atoms with Gasteiger partial charge in [-0.3, -0.25) is 0 Å². The topological polar surface area (TPSA) is 118 Å². The molecular formula is C28H32O8. The number of hydrogen-bond donors (Lipinski definition) is 4. The number of benzene rings is 3. The number of ether oxygens (including phenoxy) is 4. The van der Waals surface area contributed by atoms with Crippen molar-refractivity contribution in [1.82, 2.24) is 0 Å². The van der Waals surface area contributed by atoms with Crippen molar-refractivity contribution in [1.29, 1.82) is 0 Å². The zero-order chi connectivity index (χ0) is 25.3. The maximum atomic E-state index is 11.2. The quantitative estimate of drug-likeness (QED) is 0.298. The lowest BCUT2D eigenvalue weighted by Crippen LogP contribution is -2.66. The van der Waals surface area contributed by atoms with Crippen molar-refractivity contribution in [3.05, 3.63) is 108 Å². The van der Waals surface area contributed by atoms with E-state index in [0.29, 0.717) is 0 Å². The summed E-state index contributed by atoms with van der Waals surface area (Å²) in [5, 5.41) is 41.7. The fourth-order valence-corrected chi connectivity index (χ4v) is 4.33. The molecule has 0 bridgehead atoms. The summed E-state index contributed by atoms with van der Waals surface area (Å²) in [7, 11) is 0. The SMILES string of the molecule is OC(O)OC1[C@@H](OCc2ccccc2)[C@H](O)C(OCc2ccccc2)[C@H](O)[C@@H]1OCc1ccccc1. The third-order valence-corrected chi connectivity index (χ3v) is 6.13. The van der Waals surface area contributed by atoms with Crippen LogP contribution in [-0.2, 0) is 38.8 Å². The highest BCUT2D eigenvalue weighted by molar-refractivity contribution is 5.16. The average Bonchev–Trinajstić information content (AvgIpc) is 2.90. The first-order chi connectivity index (χ1) is 17.5. The highest BCUT2D eigenvalue weighted by atomic mass is 16.7. The van der Waals surface area contributed by atoms with E-state index < -0.39 is 43.1 Å². The second kappa shape index (κ2) is 13.0. The molecule has 36 heavy (non-hydrogen) atoms. The number of hydrogen-bond acceptors (Lipinski definition) is 8. The number of aliphatic hydroxyl groups is 4. The second-order valence-corrected chi connectivity index (χ2v) is 8.69. The molecule has 0 saturated heterocycles. The van der Waals surface area contributed by atoms with E-state index in [1.807, 2.05) is 91.0 Å². The highest BCUT2D eigenvalue weighted by Gasteiger charge is 2.53. The van der Waals surface area contributed by atoms with Crippen LogP contribution in [0.25, 0.3) is 0 Å². The van der Waals surface area contributed by atoms with Crippen LogP contribution in [0.15, 0.2) is 91.0 Å². The van der Waals surface area contributed by atoms with Gasteiger partial charge in [0, 0.05) is 0 Å². The Hall–Kier alpha value is -2.66. The Labute approximate surface area is 210 Å². The molecule has 6 atom stereocenters. The van der Waals surface area contributed by atoms with Gasteiger partial charge < -0.3 is 39.4 Å². The van der Waals surface area contributed by atoms with Crippen molar-refractivity contribution in [2.45, 2.75) is 62.9 Å². The van der Waals surface area contributed by atoms with E-state index in [4.69, 9.17) is 18.9 Å². The average molecular weight is 497 g/mol. The van der Waals surface area contributed by atoms with Gasteiger partial charge in [-0.2, -0.15) is 0 Å². The Balaban J connectivity index is 1.57. The Morgan fingerprint density at radius 2 is 0.833 bits per heavy atom. The zero-order valence-electron chi connectivity index (χ0n) is 19.7. The van der Waals surface area contributed by atoms with E-state index in [2.05, 4.69) is 0 Å². The zero-order valence-corrected chi connectivity index (χ0v) is 19.7. The van der Waals surface area contributed by atoms with Gasteiger partial charge in [0.15, 0.2) is 0 Å². The third-order valence-electron chi connectivity index (χ3n) is 6.13. The summed E-state index contributed by atoms with van der Waals surface area (Å²) in [6, 6.07) is 28.1. The summed E-state index contributed by atoms with van der Waals surface area (Å²) < 4.78 is 23.4. The van der Waals surface area contributed by atoms with Crippen LogP contribution in [-0.4, -0.2) is 63.5 Å². The number of rotatable bonds is 11. The molecule has 0 spiro atoms. The minimum Gasteiger partial charge on any atom is -0.387 e. The lowest BCUT2D eigenvalue weighted by molar-refractivity contribution is -0.331. The van der Waals surface area contributed by atoms with Crippen LogP contribution in [0.1, 0.15) is 16.7 Å². The molecule has 0 aliphatic heterocycles. The first-order valence-electron chi connectivity index (χ1n) is 11.9. The van der Waals surface area contributed by atoms with E-state index in [0.717, 1.165) is 16.7 Å². The summed E-state index contributed by atoms with van der Waals surface area (Å²) in [6.07, 6.45) is -7.13. The minimum atomic E-state index is -2.16. The van der Waals surface area contributed by atoms with Gasteiger partial charge in [-0.05, 0) is 16.7 Å². The molecule has 3 aromatic rings. The fraction of sp³-hybridized carbons (Fsp3) is 0.357. The smallest absolute Gasteiger partial charge is 0.266 e. The molecule has 8 nitrogen and oxygen atoms in total. The summed E-state index contributed by atoms with van der Waals surface area (Å²) >= 11 is 0. The Morgan fingerprint density at radius 3 is 1.17 bits per heavy atom. The standard InChI is InChI=1S/C28H32O8/c29-22-24(33-16-19-10-4-1-5-11-19)23(30)26(35-18-21-14-8-3-9-15-21)27(36-28(31)32)25(22)34-17-20-12-6-2-7-13-20/h1-15,22-32H,16-18H2/t22-,23+,24?,25-,26-,27?/m0/s1. The van der Waals surface area contributed by atoms with Crippen molar-refractivity contribution in [3.8, 4) is 0 Å². The second-order valence-electron chi connectivity index (χ2n) is 8.69. The van der Waals surface area contributed by atoms with Crippen LogP contribution in [0.4, 0.5) is 0 Å². The van der Waals surface area contributed by atoms with Crippen molar-refractivity contribution in [3.63, 3.8) is 0 Å². The number of aliphatic hydroxyl groups excluding tert-OH is 3. The van der Waals surface area contributed by atoms with Crippen molar-refractivity contribution in [2.75, 3.05) is 0 Å². The normalized spacial score (nSPS) is 26.2. The molecule has 0 heterocycles. The van der Waals surface area contributed by atoms with Gasteiger partial charge in [0.25, 0.3) is 6.48 Å². The largest absolute Gasteiger partial charge is 0.387 e. The summed E-state index contributed by atoms with van der Waals surface area (Å²) in [5.74, 6) is 0. The molecule has 1 aliphatic carbocycles. The van der Waals surface area contributed by atoms with E-state index in [9.17, 15) is 20.4 Å². The van der Waals surface area contributed by atoms with Crippen molar-refractivity contribution in [2.24, 2.45) is 0 Å². The van der Waals surface area contributed by atoms with Crippen LogP contribution in [0.5, 0.6) is 0 Å². The molecular weight excluding hydrogens is 464 g/mol. The van der Waals surface area contributed by atoms with Gasteiger partial charge >= 0.3 is 0 Å². The van der Waals surface area contributed by atoms with Crippen LogP contribution in [0, 0.1) is 0 Å². The first-order valence-corrected chi connectivity index (χ1v) is 11.9. The molecule has 1 fully saturated rings. The summed E-state index contributed by atoms with van der Waals surface area (Å²) in [4.78, 5) is 0. The molecule has 1 aliphatic rings. The maximum Gasteiger partial charge on any atom is 0.266 e. The van der Waals surface area contributed by atoms with Crippen molar-refractivity contribution < 1.29 is 39.4 Å². The van der Waals surface area contributed by atoms with E-state index in [1.165, 1.54) is 0 Å². The lowest BCUT2D eigenvalue weighted by Gasteiger charge is -2.46. The van der Waals surface area contributed by atoms with Gasteiger partial charge in [-0.1, -0.05) is 91.0 Å². The molecule has 4 rings (SSSR count).